The van der Waals surface area contributed by atoms with Gasteiger partial charge < -0.3 is 40.6 Å². The highest BCUT2D eigenvalue weighted by Gasteiger charge is 2.25. The van der Waals surface area contributed by atoms with Gasteiger partial charge in [-0.3, -0.25) is 29.2 Å². The number of urea groups is 2. The highest BCUT2D eigenvalue weighted by molar-refractivity contribution is 6.01. The molecule has 5 amide bonds. The van der Waals surface area contributed by atoms with Gasteiger partial charge in [-0.05, 0) is 158 Å². The Kier molecular flexibility index (Phi) is 27.0. The van der Waals surface area contributed by atoms with Gasteiger partial charge in [0.1, 0.15) is 41.2 Å². The Morgan fingerprint density at radius 1 is 0.560 bits per heavy atom. The first kappa shape index (κ1) is 66.8. The summed E-state index contributed by atoms with van der Waals surface area (Å²) in [7, 11) is 9.31. The minimum atomic E-state index is -0.434. The molecule has 19 heteroatoms. The monoisotopic (exact) mass is 1160 g/mol. The van der Waals surface area contributed by atoms with E-state index in [9.17, 15) is 32.3 Å². The summed E-state index contributed by atoms with van der Waals surface area (Å²) in [6.45, 7) is 17.9. The fraction of sp³-hybridized carbons (Fsp3) is 0.385. The number of nitrogens with one attached hydrogen (secondary N) is 3. The van der Waals surface area contributed by atoms with Gasteiger partial charge in [-0.25, -0.2) is 22.8 Å². The van der Waals surface area contributed by atoms with Crippen LogP contribution in [-0.4, -0.2) is 145 Å². The Morgan fingerprint density at radius 3 is 1.18 bits per heavy atom. The van der Waals surface area contributed by atoms with Crippen LogP contribution < -0.4 is 35.9 Å². The van der Waals surface area contributed by atoms with E-state index in [0.717, 1.165) is 134 Å². The highest BCUT2D eigenvalue weighted by atomic mass is 19.1. The standard InChI is InChI=1S/3C18H20FNO.C6H12N2O3.C4H6N2O2.CH5N/c3*1-3-20-10-9-15-13(12-20)5-4-6-16(15)17-11-14(19)7-8-18(17)21-2;1-3-11-5(9)4-8-6(10)7-2;1-6-3(7)2-5-4(6)8;1-2/h3*4-8,11H,3,9-10,12H2,1-2H3;3-4H2,1-2H3,(H2,7,8,10);2H2,1H3,(H,5,8);2H2,1H3. The van der Waals surface area contributed by atoms with Crippen molar-refractivity contribution < 1.29 is 51.3 Å². The van der Waals surface area contributed by atoms with Gasteiger partial charge in [0.25, 0.3) is 0 Å². The summed E-state index contributed by atoms with van der Waals surface area (Å²) in [5, 5.41) is 6.95. The lowest BCUT2D eigenvalue weighted by Gasteiger charge is -2.29. The topological polar surface area (TPSA) is 180 Å². The van der Waals surface area contributed by atoms with Gasteiger partial charge in [0.2, 0.25) is 5.91 Å². The zero-order chi connectivity index (χ0) is 61.3. The molecule has 0 saturated carbocycles. The molecule has 4 aliphatic heterocycles. The van der Waals surface area contributed by atoms with Crippen LogP contribution in [0.3, 0.4) is 0 Å². The highest BCUT2D eigenvalue weighted by Crippen LogP contribution is 2.39. The molecule has 0 unspecified atom stereocenters. The molecule has 5 N–H and O–H groups in total. The predicted molar refractivity (Wildman–Crippen MR) is 325 cm³/mol. The average molecular weight is 1160 g/mol. The third-order valence-electron chi connectivity index (χ3n) is 14.7. The summed E-state index contributed by atoms with van der Waals surface area (Å²) in [6, 6.07) is 32.3. The summed E-state index contributed by atoms with van der Waals surface area (Å²) in [4.78, 5) is 50.2. The van der Waals surface area contributed by atoms with E-state index in [0.29, 0.717) is 6.61 Å². The summed E-state index contributed by atoms with van der Waals surface area (Å²) >= 11 is 0. The Labute approximate surface area is 493 Å². The third-order valence-corrected chi connectivity index (χ3v) is 14.7. The van der Waals surface area contributed by atoms with Crippen molar-refractivity contribution >= 4 is 23.9 Å². The van der Waals surface area contributed by atoms with Gasteiger partial charge in [-0.2, -0.15) is 0 Å². The molecule has 6 aromatic rings. The van der Waals surface area contributed by atoms with E-state index in [1.54, 1.807) is 64.7 Å². The number of halogens is 3. The molecule has 6 aromatic carbocycles. The Bertz CT molecular complexity index is 2860. The Morgan fingerprint density at radius 2 is 0.917 bits per heavy atom. The summed E-state index contributed by atoms with van der Waals surface area (Å²) in [5.74, 6) is 0.887. The smallest absolute Gasteiger partial charge is 0.325 e. The number of methoxy groups -OCH3 is 3. The molecular formula is C65H83F3N8O8. The summed E-state index contributed by atoms with van der Waals surface area (Å²) in [5.41, 5.74) is 18.3. The van der Waals surface area contributed by atoms with E-state index >= 15 is 0 Å². The molecule has 0 spiro atoms. The van der Waals surface area contributed by atoms with Gasteiger partial charge in [-0.1, -0.05) is 75.4 Å². The molecule has 0 atom stereocenters. The SMILES string of the molecule is CCN1CCc2c(cccc2-c2cc(F)ccc2OC)C1.CCN1CCc2c(cccc2-c2cc(F)ccc2OC)C1.CCN1CCc2c(cccc2-c2cc(F)ccc2OC)C1.CCOC(=O)CNC(=O)NC.CN.CN1C(=O)CNC1=O. The maximum atomic E-state index is 13.7. The van der Waals surface area contributed by atoms with Crippen LogP contribution in [0.15, 0.2) is 109 Å². The number of ether oxygens (including phenoxy) is 4. The lowest BCUT2D eigenvalue weighted by Crippen LogP contribution is -2.36. The molecule has 4 aliphatic rings. The normalized spacial score (nSPS) is 14.1. The van der Waals surface area contributed by atoms with Crippen molar-refractivity contribution in [2.24, 2.45) is 5.73 Å². The molecule has 0 aromatic heterocycles. The number of amides is 5. The lowest BCUT2D eigenvalue weighted by molar-refractivity contribution is -0.141. The molecule has 0 aliphatic carbocycles. The van der Waals surface area contributed by atoms with Crippen molar-refractivity contribution in [3.8, 4) is 50.6 Å². The van der Waals surface area contributed by atoms with Gasteiger partial charge in [-0.15, -0.1) is 0 Å². The van der Waals surface area contributed by atoms with E-state index in [1.165, 1.54) is 72.7 Å². The van der Waals surface area contributed by atoms with E-state index < -0.39 is 12.0 Å². The fourth-order valence-corrected chi connectivity index (χ4v) is 10.2. The summed E-state index contributed by atoms with van der Waals surface area (Å²) in [6.07, 6.45) is 3.00. The average Bonchev–Trinajstić information content (AvgIpc) is 2.28. The van der Waals surface area contributed by atoms with Crippen molar-refractivity contribution in [2.75, 3.05) is 101 Å². The number of nitrogens with zero attached hydrogens (tertiary/aromatic N) is 4. The maximum absolute atomic E-state index is 13.7. The zero-order valence-electron chi connectivity index (χ0n) is 50.3. The number of carbonyl (C=O) groups is 4. The first-order valence-electron chi connectivity index (χ1n) is 28.3. The number of imide groups is 1. The van der Waals surface area contributed by atoms with E-state index in [4.69, 9.17) is 14.2 Å². The second kappa shape index (κ2) is 34.0. The maximum Gasteiger partial charge on any atom is 0.325 e. The number of esters is 1. The van der Waals surface area contributed by atoms with E-state index in [1.807, 2.05) is 0 Å². The minimum Gasteiger partial charge on any atom is -0.496 e. The third kappa shape index (κ3) is 18.3. The number of benzene rings is 6. The van der Waals surface area contributed by atoms with Crippen LogP contribution in [0.25, 0.3) is 33.4 Å². The van der Waals surface area contributed by atoms with Crippen LogP contribution in [0.5, 0.6) is 17.2 Å². The molecule has 1 fully saturated rings. The largest absolute Gasteiger partial charge is 0.496 e. The Hall–Kier alpha value is -7.97. The van der Waals surface area contributed by atoms with E-state index in [-0.39, 0.29) is 42.5 Å². The van der Waals surface area contributed by atoms with E-state index in [2.05, 4.69) is 116 Å². The molecule has 84 heavy (non-hydrogen) atoms. The van der Waals surface area contributed by atoms with Crippen molar-refractivity contribution in [1.29, 1.82) is 0 Å². The quantitative estimate of drug-likeness (QED) is 0.0674. The predicted octanol–water partition coefficient (Wildman–Crippen LogP) is 9.86. The number of hydrogen-bond donors (Lipinski definition) is 4. The number of carbonyl (C=O) groups excluding carboxylic acids is 4. The first-order valence-corrected chi connectivity index (χ1v) is 28.3. The number of likely N-dealkylation sites (N-methyl/N-ethyl adjacent to an activating group) is 4. The van der Waals surface area contributed by atoms with Gasteiger partial charge in [0.15, 0.2) is 0 Å². The van der Waals surface area contributed by atoms with Crippen LogP contribution in [0.2, 0.25) is 0 Å². The van der Waals surface area contributed by atoms with Crippen molar-refractivity contribution in [3.05, 3.63) is 160 Å². The minimum absolute atomic E-state index is 0.0898. The van der Waals surface area contributed by atoms with Crippen molar-refractivity contribution in [3.63, 3.8) is 0 Å². The molecular weight excluding hydrogens is 1080 g/mol. The van der Waals surface area contributed by atoms with Gasteiger partial charge in [0, 0.05) is 70.1 Å². The number of hydrogen-bond acceptors (Lipinski definition) is 12. The van der Waals surface area contributed by atoms with Crippen LogP contribution in [0, 0.1) is 17.5 Å². The van der Waals surface area contributed by atoms with Gasteiger partial charge in [0.05, 0.1) is 34.5 Å². The number of nitrogens with two attached hydrogens (primary N) is 1. The lowest BCUT2D eigenvalue weighted by atomic mass is 9.90. The van der Waals surface area contributed by atoms with Crippen LogP contribution in [0.4, 0.5) is 22.8 Å². The zero-order valence-corrected chi connectivity index (χ0v) is 50.3. The molecule has 0 radical (unpaired) electrons. The van der Waals surface area contributed by atoms with Crippen LogP contribution in [0.1, 0.15) is 61.1 Å². The molecule has 16 nitrogen and oxygen atoms in total. The second-order valence-electron chi connectivity index (χ2n) is 19.6. The van der Waals surface area contributed by atoms with Crippen molar-refractivity contribution in [1.82, 2.24) is 35.6 Å². The molecule has 452 valence electrons. The molecule has 0 bridgehead atoms. The molecule has 1 saturated heterocycles. The number of fused-ring (bicyclic) bond motifs is 3. The Balaban J connectivity index is 0.000000198. The summed E-state index contributed by atoms with van der Waals surface area (Å²) < 4.78 is 61.8. The van der Waals surface area contributed by atoms with Crippen molar-refractivity contribution in [2.45, 2.75) is 66.6 Å². The molecule has 10 rings (SSSR count). The fourth-order valence-electron chi connectivity index (χ4n) is 10.2. The second-order valence-corrected chi connectivity index (χ2v) is 19.6. The van der Waals surface area contributed by atoms with Crippen LogP contribution in [-0.2, 0) is 53.2 Å². The molecule has 4 heterocycles. The first-order chi connectivity index (χ1) is 40.6. The number of rotatable bonds is 12. The van der Waals surface area contributed by atoms with Crippen LogP contribution >= 0.6 is 0 Å². The van der Waals surface area contributed by atoms with Gasteiger partial charge >= 0.3 is 18.0 Å².